The molecule has 20 heavy (non-hydrogen) atoms. The van der Waals surface area contributed by atoms with Gasteiger partial charge in [-0.25, -0.2) is 0 Å². The largest absolute Gasteiger partial charge is 0.339 e. The number of likely N-dealkylation sites (N-methyl/N-ethyl adjacent to an activating group) is 1. The summed E-state index contributed by atoms with van der Waals surface area (Å²) in [4.78, 5) is 13.0. The number of hydrogen-bond donors (Lipinski definition) is 0. The van der Waals surface area contributed by atoms with Gasteiger partial charge in [0.1, 0.15) is 0 Å². The third kappa shape index (κ3) is 21.9. The molecule has 0 aliphatic carbocycles. The van der Waals surface area contributed by atoms with Gasteiger partial charge in [-0.2, -0.15) is 0 Å². The van der Waals surface area contributed by atoms with Gasteiger partial charge >= 0.3 is 0 Å². The lowest BCUT2D eigenvalue weighted by atomic mass is 10.2. The van der Waals surface area contributed by atoms with Gasteiger partial charge in [-0.1, -0.05) is 71.4 Å². The predicted molar refractivity (Wildman–Crippen MR) is 93.0 cm³/mol. The smallest absolute Gasteiger partial charge is 0.245 e. The quantitative estimate of drug-likeness (QED) is 0.349. The molecule has 0 spiro atoms. The van der Waals surface area contributed by atoms with Gasteiger partial charge in [0.05, 0.1) is 0 Å². The van der Waals surface area contributed by atoms with Crippen molar-refractivity contribution >= 4 is 5.91 Å². The summed E-state index contributed by atoms with van der Waals surface area (Å²) in [5, 5.41) is 0. The molecule has 0 saturated carbocycles. The molecule has 0 aromatic carbocycles. The van der Waals surface area contributed by atoms with Crippen LogP contribution in [0.2, 0.25) is 0 Å². The van der Waals surface area contributed by atoms with Crippen LogP contribution in [-0.4, -0.2) is 23.9 Å². The van der Waals surface area contributed by atoms with Crippen LogP contribution >= 0.6 is 0 Å². The Morgan fingerprint density at radius 2 is 1.50 bits per heavy atom. The summed E-state index contributed by atoms with van der Waals surface area (Å²) in [6, 6.07) is 0. The molecule has 0 aliphatic rings. The average molecular weight is 281 g/mol. The molecule has 0 fully saturated rings. The van der Waals surface area contributed by atoms with E-state index < -0.39 is 0 Å². The second-order valence-electron chi connectivity index (χ2n) is 4.59. The summed E-state index contributed by atoms with van der Waals surface area (Å²) < 4.78 is 0. The Morgan fingerprint density at radius 3 is 1.75 bits per heavy atom. The van der Waals surface area contributed by atoms with E-state index in [1.165, 1.54) is 25.3 Å². The van der Waals surface area contributed by atoms with Crippen molar-refractivity contribution in [3.8, 4) is 0 Å². The number of hydrogen-bond acceptors (Lipinski definition) is 1. The molecule has 0 N–H and O–H groups in total. The van der Waals surface area contributed by atoms with Gasteiger partial charge in [0.25, 0.3) is 0 Å². The van der Waals surface area contributed by atoms with Crippen LogP contribution in [0.1, 0.15) is 60.3 Å². The van der Waals surface area contributed by atoms with Gasteiger partial charge in [0, 0.05) is 13.1 Å². The van der Waals surface area contributed by atoms with E-state index in [9.17, 15) is 4.79 Å². The highest BCUT2D eigenvalue weighted by atomic mass is 16.2. The highest BCUT2D eigenvalue weighted by Gasteiger charge is 2.05. The maximum absolute atomic E-state index is 11.1. The van der Waals surface area contributed by atoms with Crippen molar-refractivity contribution in [2.75, 3.05) is 13.1 Å². The summed E-state index contributed by atoms with van der Waals surface area (Å²) in [6.07, 6.45) is 7.85. The molecule has 2 heteroatoms. The van der Waals surface area contributed by atoms with Crippen molar-refractivity contribution in [1.82, 2.24) is 4.90 Å². The number of allylic oxidation sites excluding steroid dienone is 2. The zero-order valence-electron chi connectivity index (χ0n) is 14.4. The Balaban J connectivity index is -0.000000299. The summed E-state index contributed by atoms with van der Waals surface area (Å²) in [7, 11) is 0. The third-order valence-electron chi connectivity index (χ3n) is 2.25. The molecule has 2 nitrogen and oxygen atoms in total. The Labute approximate surface area is 127 Å². The van der Waals surface area contributed by atoms with Crippen LogP contribution in [0.5, 0.6) is 0 Å². The summed E-state index contributed by atoms with van der Waals surface area (Å²) in [6.45, 7) is 22.5. The van der Waals surface area contributed by atoms with E-state index in [0.29, 0.717) is 0 Å². The van der Waals surface area contributed by atoms with E-state index in [2.05, 4.69) is 40.5 Å². The van der Waals surface area contributed by atoms with E-state index in [1.807, 2.05) is 18.7 Å². The van der Waals surface area contributed by atoms with Crippen molar-refractivity contribution in [3.05, 3.63) is 37.5 Å². The van der Waals surface area contributed by atoms with Crippen LogP contribution in [0.4, 0.5) is 0 Å². The van der Waals surface area contributed by atoms with Crippen molar-refractivity contribution in [3.63, 3.8) is 0 Å². The highest BCUT2D eigenvalue weighted by molar-refractivity contribution is 5.86. The minimum Gasteiger partial charge on any atom is -0.339 e. The summed E-state index contributed by atoms with van der Waals surface area (Å²) in [5.74, 6) is 0.0496. The number of carbonyl (C=O) groups is 1. The molecule has 118 valence electrons. The second kappa shape index (κ2) is 20.0. The minimum absolute atomic E-state index is 0.0496. The molecular formula is C18H35NO. The monoisotopic (exact) mass is 281 g/mol. The summed E-state index contributed by atoms with van der Waals surface area (Å²) in [5.41, 5.74) is 1.02. The molecule has 0 rings (SSSR count). The lowest BCUT2D eigenvalue weighted by Gasteiger charge is -2.18. The molecule has 0 atom stereocenters. The van der Waals surface area contributed by atoms with Gasteiger partial charge in [-0.3, -0.25) is 4.79 Å². The van der Waals surface area contributed by atoms with E-state index in [1.54, 1.807) is 6.08 Å². The van der Waals surface area contributed by atoms with E-state index >= 15 is 0 Å². The first-order chi connectivity index (χ1) is 9.44. The standard InChI is InChI=1S/C10H19NO.C5H8.C3H8/c1-4-7-8-9-11(6-3)10(12)5-2;1-4-5(2)3;1-3-2/h5H,2,4,6-9H2,1,3H3;4H,1-2H2,3H3;3H2,1-2H3. The van der Waals surface area contributed by atoms with Crippen LogP contribution in [0, 0.1) is 0 Å². The summed E-state index contributed by atoms with van der Waals surface area (Å²) >= 11 is 0. The number of amides is 1. The minimum atomic E-state index is 0.0496. The van der Waals surface area contributed by atoms with Crippen LogP contribution in [-0.2, 0) is 4.79 Å². The van der Waals surface area contributed by atoms with Crippen molar-refractivity contribution < 1.29 is 4.79 Å². The number of unbranched alkanes of at least 4 members (excludes halogenated alkanes) is 2. The molecule has 1 amide bonds. The van der Waals surface area contributed by atoms with Crippen molar-refractivity contribution in [2.45, 2.75) is 60.3 Å². The fourth-order valence-corrected chi connectivity index (χ4v) is 1.11. The van der Waals surface area contributed by atoms with E-state index in [4.69, 9.17) is 0 Å². The van der Waals surface area contributed by atoms with Crippen LogP contribution in [0.15, 0.2) is 37.5 Å². The molecule has 0 radical (unpaired) electrons. The topological polar surface area (TPSA) is 20.3 Å². The fourth-order valence-electron chi connectivity index (χ4n) is 1.11. The Hall–Kier alpha value is -1.31. The van der Waals surface area contributed by atoms with E-state index in [-0.39, 0.29) is 5.91 Å². The van der Waals surface area contributed by atoms with Gasteiger partial charge in [0.2, 0.25) is 5.91 Å². The van der Waals surface area contributed by atoms with Gasteiger partial charge in [-0.15, -0.1) is 0 Å². The molecule has 0 bridgehead atoms. The molecule has 0 aromatic heterocycles. The zero-order chi connectivity index (χ0) is 16.4. The van der Waals surface area contributed by atoms with Crippen molar-refractivity contribution in [1.29, 1.82) is 0 Å². The first-order valence-electron chi connectivity index (χ1n) is 7.64. The van der Waals surface area contributed by atoms with Gasteiger partial charge in [-0.05, 0) is 26.3 Å². The number of nitrogens with zero attached hydrogens (tertiary/aromatic N) is 1. The maximum atomic E-state index is 11.1. The van der Waals surface area contributed by atoms with Crippen LogP contribution in [0.3, 0.4) is 0 Å². The first kappa shape index (κ1) is 23.8. The molecular weight excluding hydrogens is 246 g/mol. The van der Waals surface area contributed by atoms with Crippen LogP contribution in [0.25, 0.3) is 0 Å². The number of rotatable bonds is 7. The lowest BCUT2D eigenvalue weighted by molar-refractivity contribution is -0.125. The second-order valence-corrected chi connectivity index (χ2v) is 4.59. The van der Waals surface area contributed by atoms with Crippen LogP contribution < -0.4 is 0 Å². The van der Waals surface area contributed by atoms with Crippen molar-refractivity contribution in [2.24, 2.45) is 0 Å². The Morgan fingerprint density at radius 1 is 1.05 bits per heavy atom. The van der Waals surface area contributed by atoms with E-state index in [0.717, 1.165) is 25.1 Å². The first-order valence-corrected chi connectivity index (χ1v) is 7.64. The lowest BCUT2D eigenvalue weighted by Crippen LogP contribution is -2.29. The third-order valence-corrected chi connectivity index (χ3v) is 2.25. The fraction of sp³-hybridized carbons (Fsp3) is 0.611. The highest BCUT2D eigenvalue weighted by Crippen LogP contribution is 1.98. The SMILES string of the molecule is C=CC(=C)C.C=CC(=O)N(CC)CCCCC.CCC. The Bertz CT molecular complexity index is 256. The molecule has 0 aromatic rings. The maximum Gasteiger partial charge on any atom is 0.245 e. The predicted octanol–water partition coefficient (Wildman–Crippen LogP) is 5.38. The normalized spacial score (nSPS) is 8.25. The Kier molecular flexibility index (Phi) is 23.8. The van der Waals surface area contributed by atoms with Gasteiger partial charge in [0.15, 0.2) is 0 Å². The molecule has 0 heterocycles. The molecule has 0 unspecified atom stereocenters. The van der Waals surface area contributed by atoms with Gasteiger partial charge < -0.3 is 4.90 Å². The molecule has 0 saturated heterocycles. The average Bonchev–Trinajstić information content (AvgIpc) is 2.44. The zero-order valence-corrected chi connectivity index (χ0v) is 14.4. The number of carbonyl (C=O) groups excluding carboxylic acids is 1. The molecule has 0 aliphatic heterocycles.